The number of halogens is 1. The summed E-state index contributed by atoms with van der Waals surface area (Å²) in [6.45, 7) is 6.08. The van der Waals surface area contributed by atoms with Crippen LogP contribution < -0.4 is 5.32 Å². The molecule has 1 aromatic carbocycles. The highest BCUT2D eigenvalue weighted by Gasteiger charge is 2.19. The van der Waals surface area contributed by atoms with Gasteiger partial charge in [-0.3, -0.25) is 4.68 Å². The van der Waals surface area contributed by atoms with Gasteiger partial charge in [0.1, 0.15) is 0 Å². The zero-order valence-electron chi connectivity index (χ0n) is 12.1. The molecule has 1 unspecified atom stereocenters. The van der Waals surface area contributed by atoms with Crippen molar-refractivity contribution in [2.24, 2.45) is 0 Å². The minimum absolute atomic E-state index is 0.198. The summed E-state index contributed by atoms with van der Waals surface area (Å²) in [7, 11) is 0. The second-order valence-corrected chi connectivity index (χ2v) is 5.31. The van der Waals surface area contributed by atoms with Crippen molar-refractivity contribution in [2.75, 3.05) is 6.54 Å². The van der Waals surface area contributed by atoms with Gasteiger partial charge in [-0.15, -0.1) is 0 Å². The lowest BCUT2D eigenvalue weighted by Gasteiger charge is -2.20. The molecule has 1 aromatic heterocycles. The van der Waals surface area contributed by atoms with Gasteiger partial charge in [0, 0.05) is 6.54 Å². The van der Waals surface area contributed by atoms with Crippen molar-refractivity contribution in [3.05, 3.63) is 52.8 Å². The van der Waals surface area contributed by atoms with Crippen molar-refractivity contribution in [3.8, 4) is 0 Å². The van der Waals surface area contributed by atoms with E-state index in [0.29, 0.717) is 0 Å². The summed E-state index contributed by atoms with van der Waals surface area (Å²) >= 11 is 6.35. The highest BCUT2D eigenvalue weighted by molar-refractivity contribution is 6.31. The van der Waals surface area contributed by atoms with Crippen LogP contribution in [0.1, 0.15) is 37.6 Å². The molecule has 0 radical (unpaired) electrons. The zero-order valence-corrected chi connectivity index (χ0v) is 12.9. The Kier molecular flexibility index (Phi) is 5.62. The third kappa shape index (κ3) is 3.62. The Labute approximate surface area is 126 Å². The van der Waals surface area contributed by atoms with Crippen molar-refractivity contribution in [1.82, 2.24) is 15.1 Å². The Morgan fingerprint density at radius 1 is 1.25 bits per heavy atom. The molecule has 1 N–H and O–H groups in total. The summed E-state index contributed by atoms with van der Waals surface area (Å²) in [5.74, 6) is 0. The molecule has 0 fully saturated rings. The largest absolute Gasteiger partial charge is 0.309 e. The summed E-state index contributed by atoms with van der Waals surface area (Å²) in [4.78, 5) is 0. The molecule has 0 aliphatic heterocycles. The van der Waals surface area contributed by atoms with E-state index in [4.69, 9.17) is 11.6 Å². The first-order valence-electron chi connectivity index (χ1n) is 7.24. The first kappa shape index (κ1) is 15.1. The quantitative estimate of drug-likeness (QED) is 0.840. The van der Waals surface area contributed by atoms with Crippen molar-refractivity contribution < 1.29 is 0 Å². The van der Waals surface area contributed by atoms with E-state index < -0.39 is 0 Å². The van der Waals surface area contributed by atoms with Gasteiger partial charge in [-0.2, -0.15) is 5.10 Å². The Morgan fingerprint density at radius 3 is 2.65 bits per heavy atom. The van der Waals surface area contributed by atoms with Gasteiger partial charge in [0.05, 0.1) is 23.0 Å². The third-order valence-corrected chi connectivity index (χ3v) is 3.62. The molecule has 20 heavy (non-hydrogen) atoms. The van der Waals surface area contributed by atoms with Crippen LogP contribution in [0.25, 0.3) is 0 Å². The fraction of sp³-hybridized carbons (Fsp3) is 0.438. The molecule has 0 saturated carbocycles. The van der Waals surface area contributed by atoms with Gasteiger partial charge in [0.25, 0.3) is 0 Å². The smallest absolute Gasteiger partial charge is 0.0834 e. The van der Waals surface area contributed by atoms with Gasteiger partial charge in [0.2, 0.25) is 0 Å². The molecule has 0 aliphatic rings. The molecule has 0 amide bonds. The topological polar surface area (TPSA) is 29.9 Å². The van der Waals surface area contributed by atoms with E-state index in [1.165, 1.54) is 5.56 Å². The van der Waals surface area contributed by atoms with Crippen LogP contribution in [-0.4, -0.2) is 16.3 Å². The highest BCUT2D eigenvalue weighted by atomic mass is 35.5. The molecule has 1 heterocycles. The molecule has 1 atom stereocenters. The monoisotopic (exact) mass is 291 g/mol. The van der Waals surface area contributed by atoms with Crippen LogP contribution in [0.3, 0.4) is 0 Å². The first-order chi connectivity index (χ1) is 9.76. The third-order valence-electron chi connectivity index (χ3n) is 3.33. The van der Waals surface area contributed by atoms with E-state index in [1.807, 2.05) is 10.7 Å². The van der Waals surface area contributed by atoms with Crippen LogP contribution in [0.5, 0.6) is 0 Å². The Balaban J connectivity index is 2.26. The van der Waals surface area contributed by atoms with Crippen molar-refractivity contribution in [3.63, 3.8) is 0 Å². The summed E-state index contributed by atoms with van der Waals surface area (Å²) in [6.07, 6.45) is 3.72. The van der Waals surface area contributed by atoms with Gasteiger partial charge < -0.3 is 5.32 Å². The maximum atomic E-state index is 6.35. The van der Waals surface area contributed by atoms with Gasteiger partial charge >= 0.3 is 0 Å². The lowest BCUT2D eigenvalue weighted by atomic mass is 10.0. The lowest BCUT2D eigenvalue weighted by molar-refractivity contribution is 0.478. The fourth-order valence-corrected chi connectivity index (χ4v) is 2.74. The standard InChI is InChI=1S/C16H22ClN3/c1-3-10-20-16(14(17)12-19-20)15(18-4-2)11-13-8-6-5-7-9-13/h5-9,12,15,18H,3-4,10-11H2,1-2H3. The molecule has 0 aliphatic carbocycles. The summed E-state index contributed by atoms with van der Waals surface area (Å²) < 4.78 is 2.03. The predicted octanol–water partition coefficient (Wildman–Crippen LogP) is 3.84. The van der Waals surface area contributed by atoms with Crippen LogP contribution >= 0.6 is 11.6 Å². The average Bonchev–Trinajstić information content (AvgIpc) is 2.81. The van der Waals surface area contributed by atoms with Crippen molar-refractivity contribution >= 4 is 11.6 Å². The predicted molar refractivity (Wildman–Crippen MR) is 84.1 cm³/mol. The van der Waals surface area contributed by atoms with E-state index >= 15 is 0 Å². The minimum Gasteiger partial charge on any atom is -0.309 e. The molecular formula is C16H22ClN3. The maximum absolute atomic E-state index is 6.35. The molecule has 4 heteroatoms. The fourth-order valence-electron chi connectivity index (χ4n) is 2.47. The van der Waals surface area contributed by atoms with Gasteiger partial charge in [0.15, 0.2) is 0 Å². The summed E-state index contributed by atoms with van der Waals surface area (Å²) in [5, 5.41) is 8.67. The molecule has 3 nitrogen and oxygen atoms in total. The van der Waals surface area contributed by atoms with Gasteiger partial charge in [-0.05, 0) is 24.9 Å². The van der Waals surface area contributed by atoms with Crippen LogP contribution in [0.4, 0.5) is 0 Å². The van der Waals surface area contributed by atoms with Gasteiger partial charge in [-0.1, -0.05) is 55.8 Å². The number of hydrogen-bond acceptors (Lipinski definition) is 2. The van der Waals surface area contributed by atoms with E-state index in [2.05, 4.69) is 48.5 Å². The normalized spacial score (nSPS) is 12.6. The number of hydrogen-bond donors (Lipinski definition) is 1. The van der Waals surface area contributed by atoms with E-state index in [0.717, 1.165) is 36.6 Å². The second-order valence-electron chi connectivity index (χ2n) is 4.90. The van der Waals surface area contributed by atoms with E-state index in [-0.39, 0.29) is 6.04 Å². The number of rotatable bonds is 7. The molecule has 0 saturated heterocycles. The number of aromatic nitrogens is 2. The summed E-state index contributed by atoms with van der Waals surface area (Å²) in [5.41, 5.74) is 2.40. The molecule has 2 rings (SSSR count). The Morgan fingerprint density at radius 2 is 2.00 bits per heavy atom. The number of benzene rings is 1. The maximum Gasteiger partial charge on any atom is 0.0834 e. The molecular weight excluding hydrogens is 270 g/mol. The lowest BCUT2D eigenvalue weighted by Crippen LogP contribution is -2.26. The van der Waals surface area contributed by atoms with Crippen LogP contribution in [0, 0.1) is 0 Å². The minimum atomic E-state index is 0.198. The number of aryl methyl sites for hydroxylation is 1. The Hall–Kier alpha value is -1.32. The molecule has 108 valence electrons. The second kappa shape index (κ2) is 7.46. The van der Waals surface area contributed by atoms with Crippen molar-refractivity contribution in [1.29, 1.82) is 0 Å². The van der Waals surface area contributed by atoms with Crippen LogP contribution in [0.15, 0.2) is 36.5 Å². The number of likely N-dealkylation sites (N-methyl/N-ethyl adjacent to an activating group) is 1. The van der Waals surface area contributed by atoms with E-state index in [1.54, 1.807) is 6.20 Å². The zero-order chi connectivity index (χ0) is 14.4. The first-order valence-corrected chi connectivity index (χ1v) is 7.62. The van der Waals surface area contributed by atoms with Crippen LogP contribution in [-0.2, 0) is 13.0 Å². The summed E-state index contributed by atoms with van der Waals surface area (Å²) in [6, 6.07) is 10.7. The van der Waals surface area contributed by atoms with Gasteiger partial charge in [-0.25, -0.2) is 0 Å². The Bertz CT molecular complexity index is 522. The van der Waals surface area contributed by atoms with Crippen molar-refractivity contribution in [2.45, 2.75) is 39.3 Å². The number of nitrogens with one attached hydrogen (secondary N) is 1. The molecule has 2 aromatic rings. The number of nitrogens with zero attached hydrogens (tertiary/aromatic N) is 2. The molecule has 0 spiro atoms. The average molecular weight is 292 g/mol. The van der Waals surface area contributed by atoms with Crippen LogP contribution in [0.2, 0.25) is 5.02 Å². The SMILES string of the molecule is CCCn1ncc(Cl)c1C(Cc1ccccc1)NCC. The molecule has 0 bridgehead atoms. The highest BCUT2D eigenvalue weighted by Crippen LogP contribution is 2.26. The van der Waals surface area contributed by atoms with E-state index in [9.17, 15) is 0 Å².